The SMILES string of the molecule is Cn1ccc2cccc(CC(O)CN)c21. The van der Waals surface area contributed by atoms with Gasteiger partial charge in [-0.25, -0.2) is 0 Å². The molecule has 2 aromatic rings. The van der Waals surface area contributed by atoms with Crippen LogP contribution in [0.3, 0.4) is 0 Å². The topological polar surface area (TPSA) is 51.2 Å². The van der Waals surface area contributed by atoms with Gasteiger partial charge in [-0.05, 0) is 17.0 Å². The van der Waals surface area contributed by atoms with Crippen LogP contribution in [0.25, 0.3) is 10.9 Å². The van der Waals surface area contributed by atoms with Gasteiger partial charge < -0.3 is 15.4 Å². The molecule has 1 heterocycles. The quantitative estimate of drug-likeness (QED) is 0.785. The summed E-state index contributed by atoms with van der Waals surface area (Å²) in [5.41, 5.74) is 7.76. The van der Waals surface area contributed by atoms with Crippen molar-refractivity contribution in [3.05, 3.63) is 36.0 Å². The lowest BCUT2D eigenvalue weighted by molar-refractivity contribution is 0.183. The van der Waals surface area contributed by atoms with Crippen molar-refractivity contribution in [3.63, 3.8) is 0 Å². The van der Waals surface area contributed by atoms with E-state index < -0.39 is 6.10 Å². The monoisotopic (exact) mass is 204 g/mol. The van der Waals surface area contributed by atoms with Gasteiger partial charge in [0, 0.05) is 26.2 Å². The number of aliphatic hydroxyl groups is 1. The van der Waals surface area contributed by atoms with Crippen LogP contribution in [0, 0.1) is 0 Å². The van der Waals surface area contributed by atoms with E-state index in [2.05, 4.69) is 16.7 Å². The summed E-state index contributed by atoms with van der Waals surface area (Å²) in [5, 5.41) is 10.8. The minimum atomic E-state index is -0.453. The lowest BCUT2D eigenvalue weighted by atomic mass is 10.1. The fraction of sp³-hybridized carbons (Fsp3) is 0.333. The Labute approximate surface area is 89.1 Å². The highest BCUT2D eigenvalue weighted by Crippen LogP contribution is 2.20. The van der Waals surface area contributed by atoms with Crippen LogP contribution in [-0.4, -0.2) is 22.3 Å². The van der Waals surface area contributed by atoms with Crippen molar-refractivity contribution in [3.8, 4) is 0 Å². The number of fused-ring (bicyclic) bond motifs is 1. The standard InChI is InChI=1S/C12H16N2O/c1-14-6-5-9-3-2-4-10(12(9)14)7-11(15)8-13/h2-6,11,15H,7-8,13H2,1H3. The maximum Gasteiger partial charge on any atom is 0.0703 e. The molecule has 0 fully saturated rings. The number of hydrogen-bond acceptors (Lipinski definition) is 2. The fourth-order valence-electron chi connectivity index (χ4n) is 1.94. The predicted molar refractivity (Wildman–Crippen MR) is 61.7 cm³/mol. The molecule has 0 saturated carbocycles. The molecule has 15 heavy (non-hydrogen) atoms. The van der Waals surface area contributed by atoms with Crippen LogP contribution in [0.4, 0.5) is 0 Å². The molecular formula is C12H16N2O. The molecule has 2 rings (SSSR count). The van der Waals surface area contributed by atoms with E-state index in [4.69, 9.17) is 5.73 Å². The van der Waals surface area contributed by atoms with Gasteiger partial charge in [-0.15, -0.1) is 0 Å². The summed E-state index contributed by atoms with van der Waals surface area (Å²) in [5.74, 6) is 0. The number of para-hydroxylation sites is 1. The Morgan fingerprint density at radius 3 is 2.93 bits per heavy atom. The second kappa shape index (κ2) is 4.04. The molecule has 3 N–H and O–H groups in total. The maximum absolute atomic E-state index is 9.56. The van der Waals surface area contributed by atoms with Crippen LogP contribution < -0.4 is 5.73 Å². The van der Waals surface area contributed by atoms with E-state index in [-0.39, 0.29) is 0 Å². The number of aryl methyl sites for hydroxylation is 1. The first-order chi connectivity index (χ1) is 7.22. The molecule has 0 radical (unpaired) electrons. The second-order valence-corrected chi connectivity index (χ2v) is 3.88. The lowest BCUT2D eigenvalue weighted by Crippen LogP contribution is -2.22. The molecule has 1 aromatic heterocycles. The van der Waals surface area contributed by atoms with Crippen molar-refractivity contribution in [2.24, 2.45) is 12.8 Å². The molecule has 3 nitrogen and oxygen atoms in total. The highest BCUT2D eigenvalue weighted by molar-refractivity contribution is 5.83. The Hall–Kier alpha value is -1.32. The number of aliphatic hydroxyl groups excluding tert-OH is 1. The van der Waals surface area contributed by atoms with E-state index in [1.165, 1.54) is 10.9 Å². The van der Waals surface area contributed by atoms with Crippen LogP contribution in [0.2, 0.25) is 0 Å². The third kappa shape index (κ3) is 1.89. The minimum Gasteiger partial charge on any atom is -0.391 e. The molecule has 0 aliphatic heterocycles. The Morgan fingerprint density at radius 1 is 1.40 bits per heavy atom. The Bertz CT molecular complexity index is 462. The maximum atomic E-state index is 9.56. The average molecular weight is 204 g/mol. The first kappa shape index (κ1) is 10.2. The summed E-state index contributed by atoms with van der Waals surface area (Å²) in [6, 6.07) is 8.21. The van der Waals surface area contributed by atoms with E-state index in [0.29, 0.717) is 13.0 Å². The van der Waals surface area contributed by atoms with Gasteiger partial charge in [0.2, 0.25) is 0 Å². The van der Waals surface area contributed by atoms with E-state index in [1.807, 2.05) is 25.4 Å². The summed E-state index contributed by atoms with van der Waals surface area (Å²) in [6.45, 7) is 0.306. The lowest BCUT2D eigenvalue weighted by Gasteiger charge is -2.10. The largest absolute Gasteiger partial charge is 0.391 e. The number of nitrogens with zero attached hydrogens (tertiary/aromatic N) is 1. The van der Waals surface area contributed by atoms with Gasteiger partial charge in [0.25, 0.3) is 0 Å². The highest BCUT2D eigenvalue weighted by atomic mass is 16.3. The van der Waals surface area contributed by atoms with Crippen LogP contribution in [0.5, 0.6) is 0 Å². The van der Waals surface area contributed by atoms with Gasteiger partial charge in [-0.3, -0.25) is 0 Å². The van der Waals surface area contributed by atoms with Crippen molar-refractivity contribution in [1.82, 2.24) is 4.57 Å². The first-order valence-corrected chi connectivity index (χ1v) is 5.13. The zero-order valence-corrected chi connectivity index (χ0v) is 8.85. The zero-order valence-electron chi connectivity index (χ0n) is 8.85. The fourth-order valence-corrected chi connectivity index (χ4v) is 1.94. The summed E-state index contributed by atoms with van der Waals surface area (Å²) >= 11 is 0. The van der Waals surface area contributed by atoms with Crippen molar-refractivity contribution in [2.45, 2.75) is 12.5 Å². The van der Waals surface area contributed by atoms with Crippen LogP contribution in [-0.2, 0) is 13.5 Å². The molecular weight excluding hydrogens is 188 g/mol. The van der Waals surface area contributed by atoms with Crippen molar-refractivity contribution in [1.29, 1.82) is 0 Å². The van der Waals surface area contributed by atoms with Crippen molar-refractivity contribution in [2.75, 3.05) is 6.54 Å². The van der Waals surface area contributed by atoms with Gasteiger partial charge >= 0.3 is 0 Å². The van der Waals surface area contributed by atoms with Crippen LogP contribution in [0.1, 0.15) is 5.56 Å². The molecule has 0 spiro atoms. The normalized spacial score (nSPS) is 13.3. The molecule has 1 aromatic carbocycles. The third-order valence-electron chi connectivity index (χ3n) is 2.71. The van der Waals surface area contributed by atoms with Crippen molar-refractivity contribution < 1.29 is 5.11 Å². The molecule has 0 aliphatic rings. The average Bonchev–Trinajstić information content (AvgIpc) is 2.61. The molecule has 3 heteroatoms. The van der Waals surface area contributed by atoms with Gasteiger partial charge in [-0.1, -0.05) is 18.2 Å². The van der Waals surface area contributed by atoms with E-state index >= 15 is 0 Å². The van der Waals surface area contributed by atoms with Gasteiger partial charge in [0.15, 0.2) is 0 Å². The molecule has 80 valence electrons. The third-order valence-corrected chi connectivity index (χ3v) is 2.71. The van der Waals surface area contributed by atoms with E-state index in [9.17, 15) is 5.11 Å². The van der Waals surface area contributed by atoms with E-state index in [0.717, 1.165) is 5.56 Å². The first-order valence-electron chi connectivity index (χ1n) is 5.13. The summed E-state index contributed by atoms with van der Waals surface area (Å²) in [6.07, 6.45) is 2.19. The molecule has 0 aliphatic carbocycles. The number of benzene rings is 1. The molecule has 0 amide bonds. The van der Waals surface area contributed by atoms with E-state index in [1.54, 1.807) is 0 Å². The molecule has 1 unspecified atom stereocenters. The predicted octanol–water partition coefficient (Wildman–Crippen LogP) is 1.04. The second-order valence-electron chi connectivity index (χ2n) is 3.88. The number of rotatable bonds is 3. The smallest absolute Gasteiger partial charge is 0.0703 e. The molecule has 1 atom stereocenters. The zero-order chi connectivity index (χ0) is 10.8. The summed E-state index contributed by atoms with van der Waals surface area (Å²) < 4.78 is 2.08. The van der Waals surface area contributed by atoms with Gasteiger partial charge in [-0.2, -0.15) is 0 Å². The summed E-state index contributed by atoms with van der Waals surface area (Å²) in [4.78, 5) is 0. The number of hydrogen-bond donors (Lipinski definition) is 2. The Balaban J connectivity index is 2.45. The van der Waals surface area contributed by atoms with Crippen molar-refractivity contribution >= 4 is 10.9 Å². The molecule has 0 bridgehead atoms. The molecule has 0 saturated heterocycles. The highest BCUT2D eigenvalue weighted by Gasteiger charge is 2.08. The number of nitrogens with two attached hydrogens (primary N) is 1. The van der Waals surface area contributed by atoms with Gasteiger partial charge in [0.05, 0.1) is 11.6 Å². The minimum absolute atomic E-state index is 0.306. The van der Waals surface area contributed by atoms with Gasteiger partial charge in [0.1, 0.15) is 0 Å². The van der Waals surface area contributed by atoms with Crippen LogP contribution in [0.15, 0.2) is 30.5 Å². The summed E-state index contributed by atoms with van der Waals surface area (Å²) in [7, 11) is 2.01. The number of aromatic nitrogens is 1. The van der Waals surface area contributed by atoms with Crippen LogP contribution >= 0.6 is 0 Å². The Morgan fingerprint density at radius 2 is 2.20 bits per heavy atom. The Kier molecular flexibility index (Phi) is 2.75.